The van der Waals surface area contributed by atoms with Crippen LogP contribution in [-0.2, 0) is 11.3 Å². The Kier molecular flexibility index (Phi) is 3.50. The molecule has 22 heavy (non-hydrogen) atoms. The van der Waals surface area contributed by atoms with Gasteiger partial charge >= 0.3 is 5.97 Å². The number of amides is 1. The second-order valence-electron chi connectivity index (χ2n) is 4.84. The molecule has 1 amide bonds. The summed E-state index contributed by atoms with van der Waals surface area (Å²) in [6.45, 7) is -0.116. The van der Waals surface area contributed by atoms with Crippen LogP contribution in [0.3, 0.4) is 0 Å². The Balaban J connectivity index is 2.01. The van der Waals surface area contributed by atoms with Crippen LogP contribution in [0.4, 0.5) is 10.1 Å². The molecule has 0 saturated heterocycles. The number of hydrogen-bond acceptors (Lipinski definition) is 3. The molecule has 0 aliphatic carbocycles. The number of rotatable bonds is 3. The van der Waals surface area contributed by atoms with Crippen molar-refractivity contribution in [2.45, 2.75) is 6.54 Å². The summed E-state index contributed by atoms with van der Waals surface area (Å²) < 4.78 is 18.7. The number of halogens is 1. The number of carboxylic acid groups (broad SMARTS) is 1. The van der Waals surface area contributed by atoms with E-state index in [1.54, 1.807) is 18.2 Å². The van der Waals surface area contributed by atoms with Crippen molar-refractivity contribution in [1.82, 2.24) is 0 Å². The Bertz CT molecular complexity index is 760. The number of hydrogen-bond donors (Lipinski definition) is 1. The summed E-state index contributed by atoms with van der Waals surface area (Å²) in [7, 11) is 0. The van der Waals surface area contributed by atoms with Gasteiger partial charge in [0.05, 0.1) is 17.8 Å². The highest BCUT2D eigenvalue weighted by Crippen LogP contribution is 2.33. The Morgan fingerprint density at radius 3 is 2.82 bits per heavy atom. The van der Waals surface area contributed by atoms with Gasteiger partial charge in [0.25, 0.3) is 5.91 Å². The van der Waals surface area contributed by atoms with Crippen molar-refractivity contribution in [3.8, 4) is 5.75 Å². The van der Waals surface area contributed by atoms with Gasteiger partial charge in [-0.3, -0.25) is 4.79 Å². The van der Waals surface area contributed by atoms with E-state index in [1.807, 2.05) is 0 Å². The van der Waals surface area contributed by atoms with Gasteiger partial charge in [-0.15, -0.1) is 0 Å². The lowest BCUT2D eigenvalue weighted by atomic mass is 10.1. The Morgan fingerprint density at radius 2 is 2.05 bits per heavy atom. The molecule has 1 aliphatic rings. The number of ether oxygens (including phenoxy) is 1. The highest BCUT2D eigenvalue weighted by Gasteiger charge is 2.27. The highest BCUT2D eigenvalue weighted by molar-refractivity contribution is 5.98. The predicted molar refractivity (Wildman–Crippen MR) is 76.5 cm³/mol. The molecule has 3 rings (SSSR count). The first-order valence-corrected chi connectivity index (χ1v) is 6.60. The molecular formula is C16H12FNO4. The van der Waals surface area contributed by atoms with Crippen LogP contribution in [0.15, 0.2) is 42.5 Å². The van der Waals surface area contributed by atoms with Gasteiger partial charge in [0, 0.05) is 6.07 Å². The average Bonchev–Trinajstić information content (AvgIpc) is 2.50. The van der Waals surface area contributed by atoms with E-state index in [1.165, 1.54) is 29.2 Å². The topological polar surface area (TPSA) is 66.8 Å². The Labute approximate surface area is 125 Å². The molecule has 2 aromatic carbocycles. The number of carboxylic acids is 1. The summed E-state index contributed by atoms with van der Waals surface area (Å²) in [4.78, 5) is 24.7. The van der Waals surface area contributed by atoms with E-state index in [0.29, 0.717) is 17.0 Å². The summed E-state index contributed by atoms with van der Waals surface area (Å²) in [5.41, 5.74) is 0.886. The molecule has 0 spiro atoms. The fourth-order valence-corrected chi connectivity index (χ4v) is 2.39. The Morgan fingerprint density at radius 1 is 1.27 bits per heavy atom. The summed E-state index contributed by atoms with van der Waals surface area (Å²) >= 11 is 0. The maximum absolute atomic E-state index is 13.5. The van der Waals surface area contributed by atoms with E-state index in [-0.39, 0.29) is 24.6 Å². The first-order valence-electron chi connectivity index (χ1n) is 6.60. The number of benzene rings is 2. The van der Waals surface area contributed by atoms with Crippen LogP contribution < -0.4 is 9.64 Å². The summed E-state index contributed by atoms with van der Waals surface area (Å²) in [6, 6.07) is 10.3. The molecule has 6 heteroatoms. The van der Waals surface area contributed by atoms with Crippen LogP contribution in [0.5, 0.6) is 5.75 Å². The summed E-state index contributed by atoms with van der Waals surface area (Å²) in [6.07, 6.45) is 0. The van der Waals surface area contributed by atoms with Crippen LogP contribution in [0.1, 0.15) is 15.9 Å². The van der Waals surface area contributed by atoms with Gasteiger partial charge in [-0.05, 0) is 23.8 Å². The number of aromatic carboxylic acids is 1. The van der Waals surface area contributed by atoms with E-state index >= 15 is 0 Å². The van der Waals surface area contributed by atoms with Crippen LogP contribution in [-0.4, -0.2) is 23.6 Å². The standard InChI is InChI=1S/C16H12FNO4/c17-11-5-6-14-13(7-11)18(15(19)9-22-14)8-10-3-1-2-4-12(10)16(20)21/h1-7H,8-9H2,(H,20,21). The van der Waals surface area contributed by atoms with Gasteiger partial charge in [-0.25, -0.2) is 9.18 Å². The molecule has 0 radical (unpaired) electrons. The third kappa shape index (κ3) is 2.50. The molecule has 1 N–H and O–H groups in total. The minimum absolute atomic E-state index is 0.0428. The van der Waals surface area contributed by atoms with Crippen LogP contribution in [0.2, 0.25) is 0 Å². The maximum Gasteiger partial charge on any atom is 0.336 e. The first-order chi connectivity index (χ1) is 10.6. The zero-order valence-corrected chi connectivity index (χ0v) is 11.5. The summed E-state index contributed by atoms with van der Waals surface area (Å²) in [5, 5.41) is 9.21. The van der Waals surface area contributed by atoms with E-state index in [4.69, 9.17) is 4.74 Å². The van der Waals surface area contributed by atoms with Crippen molar-refractivity contribution in [1.29, 1.82) is 0 Å². The van der Waals surface area contributed by atoms with Crippen molar-refractivity contribution < 1.29 is 23.8 Å². The van der Waals surface area contributed by atoms with Gasteiger partial charge in [0.2, 0.25) is 0 Å². The lowest BCUT2D eigenvalue weighted by Crippen LogP contribution is -2.38. The number of nitrogens with zero attached hydrogens (tertiary/aromatic N) is 1. The fourth-order valence-electron chi connectivity index (χ4n) is 2.39. The monoisotopic (exact) mass is 301 g/mol. The third-order valence-electron chi connectivity index (χ3n) is 3.44. The van der Waals surface area contributed by atoms with Crippen molar-refractivity contribution >= 4 is 17.6 Å². The van der Waals surface area contributed by atoms with Crippen molar-refractivity contribution in [3.63, 3.8) is 0 Å². The average molecular weight is 301 g/mol. The summed E-state index contributed by atoms with van der Waals surface area (Å²) in [5.74, 6) is -1.52. The largest absolute Gasteiger partial charge is 0.482 e. The van der Waals surface area contributed by atoms with E-state index in [9.17, 15) is 19.1 Å². The molecule has 1 aliphatic heterocycles. The second-order valence-corrected chi connectivity index (χ2v) is 4.84. The number of fused-ring (bicyclic) bond motifs is 1. The lowest BCUT2D eigenvalue weighted by Gasteiger charge is -2.29. The number of carbonyl (C=O) groups is 2. The molecule has 0 aromatic heterocycles. The van der Waals surface area contributed by atoms with E-state index in [2.05, 4.69) is 0 Å². The van der Waals surface area contributed by atoms with Gasteiger partial charge in [-0.1, -0.05) is 18.2 Å². The van der Waals surface area contributed by atoms with Crippen LogP contribution in [0, 0.1) is 5.82 Å². The molecule has 0 bridgehead atoms. The SMILES string of the molecule is O=C(O)c1ccccc1CN1C(=O)COc2ccc(F)cc21. The van der Waals surface area contributed by atoms with Gasteiger partial charge in [-0.2, -0.15) is 0 Å². The van der Waals surface area contributed by atoms with Gasteiger partial charge in [0.1, 0.15) is 11.6 Å². The zero-order chi connectivity index (χ0) is 15.7. The quantitative estimate of drug-likeness (QED) is 0.945. The minimum atomic E-state index is -1.07. The molecule has 0 fully saturated rings. The third-order valence-corrected chi connectivity index (χ3v) is 3.44. The maximum atomic E-state index is 13.5. The molecule has 5 nitrogen and oxygen atoms in total. The zero-order valence-electron chi connectivity index (χ0n) is 11.5. The minimum Gasteiger partial charge on any atom is -0.482 e. The molecular weight excluding hydrogens is 289 g/mol. The molecule has 1 heterocycles. The molecule has 2 aromatic rings. The van der Waals surface area contributed by atoms with Gasteiger partial charge < -0.3 is 14.7 Å². The lowest BCUT2D eigenvalue weighted by molar-refractivity contribution is -0.121. The normalized spacial score (nSPS) is 13.5. The Hall–Kier alpha value is -2.89. The molecule has 0 atom stereocenters. The van der Waals surface area contributed by atoms with Crippen molar-refractivity contribution in [2.75, 3.05) is 11.5 Å². The molecule has 0 unspecified atom stereocenters. The smallest absolute Gasteiger partial charge is 0.336 e. The van der Waals surface area contributed by atoms with Crippen molar-refractivity contribution in [3.05, 3.63) is 59.4 Å². The van der Waals surface area contributed by atoms with Crippen LogP contribution >= 0.6 is 0 Å². The first kappa shape index (κ1) is 14.1. The van der Waals surface area contributed by atoms with Crippen molar-refractivity contribution in [2.24, 2.45) is 0 Å². The number of carbonyl (C=O) groups excluding carboxylic acids is 1. The predicted octanol–water partition coefficient (Wildman–Crippen LogP) is 2.45. The van der Waals surface area contributed by atoms with E-state index < -0.39 is 11.8 Å². The fraction of sp³-hybridized carbons (Fsp3) is 0.125. The van der Waals surface area contributed by atoms with Gasteiger partial charge in [0.15, 0.2) is 6.61 Å². The number of anilines is 1. The molecule has 0 saturated carbocycles. The van der Waals surface area contributed by atoms with Crippen LogP contribution in [0.25, 0.3) is 0 Å². The van der Waals surface area contributed by atoms with E-state index in [0.717, 1.165) is 0 Å². The molecule has 112 valence electrons. The second kappa shape index (κ2) is 5.48. The highest BCUT2D eigenvalue weighted by atomic mass is 19.1.